The number of hydrogen-bond donors (Lipinski definition) is 2. The van der Waals surface area contributed by atoms with Crippen molar-refractivity contribution in [3.8, 4) is 0 Å². The third-order valence-electron chi connectivity index (χ3n) is 4.88. The Hall–Kier alpha value is -3.31. The number of benzene rings is 2. The van der Waals surface area contributed by atoms with Crippen molar-refractivity contribution in [1.29, 1.82) is 0 Å². The van der Waals surface area contributed by atoms with E-state index in [4.69, 9.17) is 5.73 Å². The van der Waals surface area contributed by atoms with E-state index in [0.717, 1.165) is 15.3 Å². The van der Waals surface area contributed by atoms with Gasteiger partial charge in [-0.15, -0.1) is 0 Å². The lowest BCUT2D eigenvalue weighted by Gasteiger charge is -2.27. The van der Waals surface area contributed by atoms with Gasteiger partial charge in [0.25, 0.3) is 5.91 Å². The summed E-state index contributed by atoms with van der Waals surface area (Å²) >= 11 is 0. The van der Waals surface area contributed by atoms with Gasteiger partial charge in [-0.05, 0) is 42.0 Å². The van der Waals surface area contributed by atoms with Gasteiger partial charge in [-0.3, -0.25) is 14.4 Å². The fraction of sp³-hybridized carbons (Fsp3) is 0.250. The number of amides is 3. The first-order chi connectivity index (χ1) is 14.6. The molecule has 0 saturated carbocycles. The molecule has 3 N–H and O–H groups in total. The summed E-state index contributed by atoms with van der Waals surface area (Å²) in [6, 6.07) is 9.11. The van der Waals surface area contributed by atoms with Crippen molar-refractivity contribution in [3.05, 3.63) is 65.5 Å². The normalized spacial score (nSPS) is 15.7. The largest absolute Gasteiger partial charge is 0.368 e. The first kappa shape index (κ1) is 22.4. The van der Waals surface area contributed by atoms with Gasteiger partial charge >= 0.3 is 0 Å². The summed E-state index contributed by atoms with van der Waals surface area (Å²) in [5, 5.41) is 2.55. The van der Waals surface area contributed by atoms with E-state index in [0.29, 0.717) is 0 Å². The molecule has 1 atom stereocenters. The van der Waals surface area contributed by atoms with Crippen LogP contribution in [0.1, 0.15) is 22.0 Å². The van der Waals surface area contributed by atoms with Crippen LogP contribution in [-0.2, 0) is 19.6 Å². The smallest absolute Gasteiger partial charge is 0.254 e. The molecule has 2 aromatic carbocycles. The number of likely N-dealkylation sites (N-methyl/N-ethyl adjacent to an activating group) is 1. The first-order valence-corrected chi connectivity index (χ1v) is 10.7. The fourth-order valence-electron chi connectivity index (χ4n) is 3.32. The van der Waals surface area contributed by atoms with Crippen molar-refractivity contribution >= 4 is 27.7 Å². The first-order valence-electron chi connectivity index (χ1n) is 9.30. The molecule has 0 radical (unpaired) electrons. The van der Waals surface area contributed by atoms with Gasteiger partial charge < -0.3 is 16.0 Å². The van der Waals surface area contributed by atoms with Crippen LogP contribution >= 0.6 is 0 Å². The number of carbonyl (C=O) groups excluding carboxylic acids is 3. The Morgan fingerprint density at radius 2 is 1.87 bits per heavy atom. The van der Waals surface area contributed by atoms with Crippen molar-refractivity contribution in [3.63, 3.8) is 0 Å². The Morgan fingerprint density at radius 1 is 1.19 bits per heavy atom. The summed E-state index contributed by atoms with van der Waals surface area (Å²) in [4.78, 5) is 37.3. The number of primary amides is 1. The third kappa shape index (κ3) is 4.72. The topological polar surface area (TPSA) is 130 Å². The van der Waals surface area contributed by atoms with Crippen molar-refractivity contribution in [1.82, 2.24) is 14.5 Å². The quantitative estimate of drug-likeness (QED) is 0.654. The summed E-state index contributed by atoms with van der Waals surface area (Å²) < 4.78 is 40.1. The number of nitrogens with one attached hydrogen (secondary N) is 1. The van der Waals surface area contributed by atoms with Crippen LogP contribution in [0.3, 0.4) is 0 Å². The van der Waals surface area contributed by atoms with Gasteiger partial charge in [0, 0.05) is 25.7 Å². The highest BCUT2D eigenvalue weighted by atomic mass is 32.2. The SMILES string of the molecule is CN(C(=O)c1ccc(S(=O)(=O)N2CCNC(=O)C2)cc1)C(C(N)=O)c1cccc(F)c1. The number of sulfonamides is 1. The molecule has 0 aliphatic carbocycles. The van der Waals surface area contributed by atoms with E-state index in [1.165, 1.54) is 49.5 Å². The Kier molecular flexibility index (Phi) is 6.37. The summed E-state index contributed by atoms with van der Waals surface area (Å²) in [5.41, 5.74) is 5.76. The lowest BCUT2D eigenvalue weighted by molar-refractivity contribution is -0.123. The van der Waals surface area contributed by atoms with E-state index in [1.54, 1.807) is 0 Å². The molecule has 1 aliphatic heterocycles. The molecule has 1 aliphatic rings. The summed E-state index contributed by atoms with van der Waals surface area (Å²) in [7, 11) is -2.56. The van der Waals surface area contributed by atoms with Crippen LogP contribution in [0.5, 0.6) is 0 Å². The van der Waals surface area contributed by atoms with Crippen LogP contribution in [0.15, 0.2) is 53.4 Å². The second kappa shape index (κ2) is 8.82. The Labute approximate surface area is 178 Å². The second-order valence-corrected chi connectivity index (χ2v) is 8.93. The van der Waals surface area contributed by atoms with Crippen molar-refractivity contribution in [2.75, 3.05) is 26.7 Å². The van der Waals surface area contributed by atoms with E-state index in [1.807, 2.05) is 0 Å². The highest BCUT2D eigenvalue weighted by Crippen LogP contribution is 2.23. The number of nitrogens with two attached hydrogens (primary N) is 1. The number of carbonyl (C=O) groups is 3. The maximum Gasteiger partial charge on any atom is 0.254 e. The lowest BCUT2D eigenvalue weighted by atomic mass is 10.0. The zero-order valence-corrected chi connectivity index (χ0v) is 17.4. The monoisotopic (exact) mass is 448 g/mol. The van der Waals surface area contributed by atoms with E-state index in [2.05, 4.69) is 5.32 Å². The van der Waals surface area contributed by atoms with E-state index < -0.39 is 39.6 Å². The standard InChI is InChI=1S/C20H21FN4O5S/c1-24(18(19(22)27)14-3-2-4-15(21)11-14)20(28)13-5-7-16(8-6-13)31(29,30)25-10-9-23-17(26)12-25/h2-8,11,18H,9-10,12H2,1H3,(H2,22,27)(H,23,26). The fourth-order valence-corrected chi connectivity index (χ4v) is 4.71. The van der Waals surface area contributed by atoms with Crippen LogP contribution < -0.4 is 11.1 Å². The summed E-state index contributed by atoms with van der Waals surface area (Å²) in [5.74, 6) is -2.41. The van der Waals surface area contributed by atoms with Crippen LogP contribution in [0.2, 0.25) is 0 Å². The average Bonchev–Trinajstić information content (AvgIpc) is 2.73. The lowest BCUT2D eigenvalue weighted by Crippen LogP contribution is -2.49. The second-order valence-electron chi connectivity index (χ2n) is 6.99. The summed E-state index contributed by atoms with van der Waals surface area (Å²) in [6.07, 6.45) is 0. The molecule has 31 heavy (non-hydrogen) atoms. The molecule has 3 rings (SSSR count). The molecule has 9 nitrogen and oxygen atoms in total. The third-order valence-corrected chi connectivity index (χ3v) is 6.74. The van der Waals surface area contributed by atoms with Crippen molar-refractivity contribution in [2.24, 2.45) is 5.73 Å². The number of nitrogens with zero attached hydrogens (tertiary/aromatic N) is 2. The molecule has 1 fully saturated rings. The number of rotatable bonds is 6. The van der Waals surface area contributed by atoms with Gasteiger partial charge in [0.15, 0.2) is 0 Å². The molecule has 0 aromatic heterocycles. The van der Waals surface area contributed by atoms with Crippen molar-refractivity contribution in [2.45, 2.75) is 10.9 Å². The average molecular weight is 448 g/mol. The molecular weight excluding hydrogens is 427 g/mol. The number of hydrogen-bond acceptors (Lipinski definition) is 5. The van der Waals surface area contributed by atoms with Crippen LogP contribution in [0, 0.1) is 5.82 Å². The van der Waals surface area contributed by atoms with E-state index >= 15 is 0 Å². The molecular formula is C20H21FN4O5S. The van der Waals surface area contributed by atoms with Crippen LogP contribution in [0.4, 0.5) is 4.39 Å². The summed E-state index contributed by atoms with van der Waals surface area (Å²) in [6.45, 7) is 0.0825. The highest BCUT2D eigenvalue weighted by molar-refractivity contribution is 7.89. The predicted molar refractivity (Wildman–Crippen MR) is 109 cm³/mol. The molecule has 1 saturated heterocycles. The van der Waals surface area contributed by atoms with Gasteiger partial charge in [-0.2, -0.15) is 4.31 Å². The minimum absolute atomic E-state index is 0.0713. The number of piperazine rings is 1. The van der Waals surface area contributed by atoms with Crippen LogP contribution in [0.25, 0.3) is 0 Å². The van der Waals surface area contributed by atoms with Gasteiger partial charge in [-0.1, -0.05) is 12.1 Å². The molecule has 164 valence electrons. The Balaban J connectivity index is 1.83. The van der Waals surface area contributed by atoms with Gasteiger partial charge in [0.1, 0.15) is 11.9 Å². The zero-order valence-electron chi connectivity index (χ0n) is 16.6. The molecule has 1 unspecified atom stereocenters. The maximum absolute atomic E-state index is 13.6. The van der Waals surface area contributed by atoms with E-state index in [9.17, 15) is 27.2 Å². The molecule has 0 spiro atoms. The molecule has 1 heterocycles. The van der Waals surface area contributed by atoms with Crippen LogP contribution in [-0.4, -0.2) is 62.0 Å². The minimum Gasteiger partial charge on any atom is -0.368 e. The van der Waals surface area contributed by atoms with Gasteiger partial charge in [0.05, 0.1) is 11.4 Å². The van der Waals surface area contributed by atoms with E-state index in [-0.39, 0.29) is 35.7 Å². The van der Waals surface area contributed by atoms with Gasteiger partial charge in [-0.25, -0.2) is 12.8 Å². The Bertz CT molecular complexity index is 1120. The Morgan fingerprint density at radius 3 is 2.45 bits per heavy atom. The minimum atomic E-state index is -3.90. The molecule has 11 heteroatoms. The molecule has 0 bridgehead atoms. The highest BCUT2D eigenvalue weighted by Gasteiger charge is 2.30. The van der Waals surface area contributed by atoms with Gasteiger partial charge in [0.2, 0.25) is 21.8 Å². The molecule has 3 amide bonds. The van der Waals surface area contributed by atoms with Crippen molar-refractivity contribution < 1.29 is 27.2 Å². The molecule has 2 aromatic rings. The maximum atomic E-state index is 13.6. The zero-order chi connectivity index (χ0) is 22.8. The number of halogens is 1. The predicted octanol–water partition coefficient (Wildman–Crippen LogP) is 0.245.